The first-order valence-electron chi connectivity index (χ1n) is 7.23. The zero-order chi connectivity index (χ0) is 16.7. The number of rotatable bonds is 7. The summed E-state index contributed by atoms with van der Waals surface area (Å²) in [6.45, 7) is 0.517. The molecule has 1 atom stereocenters. The number of benzene rings is 1. The van der Waals surface area contributed by atoms with E-state index in [4.69, 9.17) is 5.73 Å². The van der Waals surface area contributed by atoms with Crippen molar-refractivity contribution in [1.82, 2.24) is 14.9 Å². The van der Waals surface area contributed by atoms with E-state index in [1.54, 1.807) is 6.33 Å². The van der Waals surface area contributed by atoms with Crippen LogP contribution in [0.25, 0.3) is 0 Å². The molecule has 0 saturated carbocycles. The fraction of sp³-hybridized carbons (Fsp3) is 0.312. The number of carbonyl (C=O) groups is 2. The first-order chi connectivity index (χ1) is 11.1. The number of nitrogens with one attached hydrogen (secondary N) is 1. The Balaban J connectivity index is 0.00000288. The number of esters is 1. The quantitative estimate of drug-likeness (QED) is 0.687. The molecule has 0 bridgehead atoms. The van der Waals surface area contributed by atoms with Crippen LogP contribution in [0.5, 0.6) is 0 Å². The number of ether oxygens (including phenoxy) is 1. The van der Waals surface area contributed by atoms with Crippen molar-refractivity contribution < 1.29 is 14.3 Å². The van der Waals surface area contributed by atoms with E-state index in [-0.39, 0.29) is 31.4 Å². The summed E-state index contributed by atoms with van der Waals surface area (Å²) in [6, 6.07) is 9.23. The number of nitrogens with two attached hydrogens (primary N) is 1. The van der Waals surface area contributed by atoms with Crippen LogP contribution in [-0.2, 0) is 27.3 Å². The minimum Gasteiger partial charge on any atom is -0.468 e. The number of hydrogen-bond acceptors (Lipinski definition) is 5. The van der Waals surface area contributed by atoms with Crippen LogP contribution in [0, 0.1) is 0 Å². The number of nitrogens with zero attached hydrogens (tertiary/aromatic N) is 2. The van der Waals surface area contributed by atoms with Gasteiger partial charge in [-0.25, -0.2) is 4.98 Å². The molecule has 25 heavy (non-hydrogen) atoms. The topological polar surface area (TPSA) is 99.2 Å². The molecule has 2 rings (SSSR count). The van der Waals surface area contributed by atoms with Crippen molar-refractivity contribution in [3.8, 4) is 0 Å². The van der Waals surface area contributed by atoms with Crippen LogP contribution in [0.2, 0.25) is 0 Å². The molecule has 7 nitrogen and oxygen atoms in total. The van der Waals surface area contributed by atoms with Crippen molar-refractivity contribution in [2.24, 2.45) is 5.73 Å². The summed E-state index contributed by atoms with van der Waals surface area (Å²) in [5.74, 6) is -0.925. The third kappa shape index (κ3) is 7.55. The molecule has 0 aliphatic rings. The Morgan fingerprint density at radius 1 is 1.28 bits per heavy atom. The van der Waals surface area contributed by atoms with Gasteiger partial charge in [-0.05, 0) is 5.56 Å². The van der Waals surface area contributed by atoms with E-state index in [2.05, 4.69) is 15.0 Å². The highest BCUT2D eigenvalue weighted by molar-refractivity contribution is 5.86. The first kappa shape index (κ1) is 22.9. The second-order valence-electron chi connectivity index (χ2n) is 5.13. The molecule has 0 fully saturated rings. The maximum atomic E-state index is 11.8. The summed E-state index contributed by atoms with van der Waals surface area (Å²) in [6.07, 6.45) is 3.87. The Kier molecular flexibility index (Phi) is 10.5. The minimum atomic E-state index is -0.764. The molecule has 0 unspecified atom stereocenters. The van der Waals surface area contributed by atoms with Crippen molar-refractivity contribution in [1.29, 1.82) is 0 Å². The van der Waals surface area contributed by atoms with Gasteiger partial charge in [0.1, 0.15) is 6.54 Å². The largest absolute Gasteiger partial charge is 0.468 e. The molecule has 1 heterocycles. The third-order valence-corrected chi connectivity index (χ3v) is 3.30. The Morgan fingerprint density at radius 2 is 1.96 bits per heavy atom. The van der Waals surface area contributed by atoms with Gasteiger partial charge >= 0.3 is 5.97 Å². The maximum Gasteiger partial charge on any atom is 0.325 e. The summed E-state index contributed by atoms with van der Waals surface area (Å²) in [5.41, 5.74) is 7.71. The molecular weight excluding hydrogens is 367 g/mol. The normalized spacial score (nSPS) is 10.8. The van der Waals surface area contributed by atoms with E-state index < -0.39 is 17.9 Å². The highest BCUT2D eigenvalue weighted by Crippen LogP contribution is 2.05. The SMILES string of the molecule is COC(=O)CNC(=O)[C@@H](N)Cc1cn(Cc2ccccc2)cn1.Cl.Cl. The lowest BCUT2D eigenvalue weighted by Crippen LogP contribution is -2.44. The number of hydrogen-bond donors (Lipinski definition) is 2. The molecule has 1 aromatic carbocycles. The van der Waals surface area contributed by atoms with E-state index >= 15 is 0 Å². The van der Waals surface area contributed by atoms with E-state index in [0.29, 0.717) is 13.0 Å². The zero-order valence-electron chi connectivity index (χ0n) is 13.8. The van der Waals surface area contributed by atoms with E-state index in [9.17, 15) is 9.59 Å². The highest BCUT2D eigenvalue weighted by atomic mass is 35.5. The number of amides is 1. The van der Waals surface area contributed by atoms with Gasteiger partial charge in [0.05, 0.1) is 25.2 Å². The van der Waals surface area contributed by atoms with E-state index in [1.165, 1.54) is 7.11 Å². The fourth-order valence-electron chi connectivity index (χ4n) is 2.07. The number of imidazole rings is 1. The smallest absolute Gasteiger partial charge is 0.325 e. The number of carbonyl (C=O) groups excluding carboxylic acids is 2. The van der Waals surface area contributed by atoms with Crippen LogP contribution >= 0.6 is 24.8 Å². The molecule has 0 saturated heterocycles. The van der Waals surface area contributed by atoms with Crippen molar-refractivity contribution in [2.45, 2.75) is 19.0 Å². The molecule has 0 radical (unpaired) electrons. The molecule has 1 aromatic heterocycles. The van der Waals surface area contributed by atoms with Crippen LogP contribution in [-0.4, -0.2) is 41.1 Å². The molecule has 138 valence electrons. The molecule has 9 heteroatoms. The van der Waals surface area contributed by atoms with Crippen LogP contribution in [0.15, 0.2) is 42.9 Å². The van der Waals surface area contributed by atoms with Gasteiger partial charge in [-0.1, -0.05) is 30.3 Å². The van der Waals surface area contributed by atoms with Crippen molar-refractivity contribution in [3.63, 3.8) is 0 Å². The van der Waals surface area contributed by atoms with Gasteiger partial charge in [0.25, 0.3) is 0 Å². The third-order valence-electron chi connectivity index (χ3n) is 3.30. The van der Waals surface area contributed by atoms with Gasteiger partial charge in [-0.15, -0.1) is 24.8 Å². The van der Waals surface area contributed by atoms with Gasteiger partial charge in [0.15, 0.2) is 0 Å². The number of methoxy groups -OCH3 is 1. The van der Waals surface area contributed by atoms with Crippen LogP contribution in [0.3, 0.4) is 0 Å². The fourth-order valence-corrected chi connectivity index (χ4v) is 2.07. The predicted molar refractivity (Wildman–Crippen MR) is 99.0 cm³/mol. The average Bonchev–Trinajstić information content (AvgIpc) is 3.00. The maximum absolute atomic E-state index is 11.8. The lowest BCUT2D eigenvalue weighted by Gasteiger charge is -2.10. The lowest BCUT2D eigenvalue weighted by molar-refractivity contribution is -0.141. The van der Waals surface area contributed by atoms with Crippen LogP contribution < -0.4 is 11.1 Å². The molecule has 2 aromatic rings. The molecule has 0 aliphatic carbocycles. The van der Waals surface area contributed by atoms with E-state index in [1.807, 2.05) is 41.1 Å². The Hall–Kier alpha value is -2.09. The second kappa shape index (κ2) is 11.5. The van der Waals surface area contributed by atoms with Crippen LogP contribution in [0.4, 0.5) is 0 Å². The standard InChI is InChI=1S/C16H20N4O3.2ClH/c1-23-15(21)8-18-16(22)14(17)7-13-10-20(11-19-13)9-12-5-3-2-4-6-12;;/h2-6,10-11,14H,7-9,17H2,1H3,(H,18,22);2*1H/t14-;;/m0../s1. The molecule has 0 spiro atoms. The molecule has 3 N–H and O–H groups in total. The van der Waals surface area contributed by atoms with Gasteiger partial charge in [0, 0.05) is 19.2 Å². The molecule has 0 aliphatic heterocycles. The molecule has 1 amide bonds. The van der Waals surface area contributed by atoms with Crippen molar-refractivity contribution in [2.75, 3.05) is 13.7 Å². The summed E-state index contributed by atoms with van der Waals surface area (Å²) >= 11 is 0. The monoisotopic (exact) mass is 388 g/mol. The highest BCUT2D eigenvalue weighted by Gasteiger charge is 2.16. The van der Waals surface area contributed by atoms with Crippen molar-refractivity contribution in [3.05, 3.63) is 54.1 Å². The van der Waals surface area contributed by atoms with Gasteiger partial charge < -0.3 is 20.4 Å². The summed E-state index contributed by atoms with van der Waals surface area (Å²) in [5, 5.41) is 2.43. The average molecular weight is 389 g/mol. The zero-order valence-corrected chi connectivity index (χ0v) is 15.4. The Morgan fingerprint density at radius 3 is 2.60 bits per heavy atom. The Labute approximate surface area is 158 Å². The lowest BCUT2D eigenvalue weighted by atomic mass is 10.1. The number of aromatic nitrogens is 2. The van der Waals surface area contributed by atoms with Gasteiger partial charge in [0.2, 0.25) is 5.91 Å². The Bertz CT molecular complexity index is 664. The van der Waals surface area contributed by atoms with Crippen LogP contribution in [0.1, 0.15) is 11.3 Å². The predicted octanol–water partition coefficient (Wildman–Crippen LogP) is 0.934. The number of halogens is 2. The van der Waals surface area contributed by atoms with Crippen molar-refractivity contribution >= 4 is 36.7 Å². The van der Waals surface area contributed by atoms with E-state index in [0.717, 1.165) is 11.3 Å². The minimum absolute atomic E-state index is 0. The summed E-state index contributed by atoms with van der Waals surface area (Å²) in [4.78, 5) is 27.0. The first-order valence-corrected chi connectivity index (χ1v) is 7.23. The van der Waals surface area contributed by atoms with Gasteiger partial charge in [-0.2, -0.15) is 0 Å². The summed E-state index contributed by atoms with van der Waals surface area (Å²) < 4.78 is 6.38. The van der Waals surface area contributed by atoms with Gasteiger partial charge in [-0.3, -0.25) is 9.59 Å². The summed E-state index contributed by atoms with van der Waals surface area (Å²) in [7, 11) is 1.26. The molecular formula is C16H22Cl2N4O3. The second-order valence-corrected chi connectivity index (χ2v) is 5.13.